The number of fused-ring (bicyclic) bond motifs is 1. The number of benzene rings is 3. The van der Waals surface area contributed by atoms with E-state index >= 15 is 0 Å². The number of carbonyl (C=O) groups is 1. The molecule has 0 saturated carbocycles. The summed E-state index contributed by atoms with van der Waals surface area (Å²) in [5, 5.41) is 4.59. The van der Waals surface area contributed by atoms with Crippen LogP contribution in [-0.2, 0) is 14.8 Å². The maximum atomic E-state index is 13.0. The fourth-order valence-corrected chi connectivity index (χ4v) is 4.50. The molecule has 0 bridgehead atoms. The van der Waals surface area contributed by atoms with E-state index in [9.17, 15) is 13.2 Å². The normalized spacial score (nSPS) is 12.5. The van der Waals surface area contributed by atoms with Crippen LogP contribution in [0.3, 0.4) is 0 Å². The predicted octanol–water partition coefficient (Wildman–Crippen LogP) is 3.35. The highest BCUT2D eigenvalue weighted by Gasteiger charge is 2.24. The summed E-state index contributed by atoms with van der Waals surface area (Å²) in [4.78, 5) is 12.7. The van der Waals surface area contributed by atoms with Crippen LogP contribution in [0.15, 0.2) is 65.6 Å². The number of ether oxygens (including phenoxy) is 2. The molecule has 31 heavy (non-hydrogen) atoms. The number of carbonyl (C=O) groups excluding carboxylic acids is 1. The molecule has 0 heterocycles. The second kappa shape index (κ2) is 9.36. The van der Waals surface area contributed by atoms with Gasteiger partial charge < -0.3 is 14.8 Å². The Bertz CT molecular complexity index is 1190. The number of hydrogen-bond acceptors (Lipinski definition) is 5. The lowest BCUT2D eigenvalue weighted by Crippen LogP contribution is -2.39. The van der Waals surface area contributed by atoms with Gasteiger partial charge in [0.1, 0.15) is 11.5 Å². The molecule has 0 aliphatic carbocycles. The Morgan fingerprint density at radius 3 is 2.39 bits per heavy atom. The number of nitrogens with one attached hydrogen (secondary N) is 1. The van der Waals surface area contributed by atoms with E-state index in [1.165, 1.54) is 7.05 Å². The first-order valence-corrected chi connectivity index (χ1v) is 11.2. The lowest BCUT2D eigenvalue weighted by atomic mass is 10.1. The molecule has 1 N–H and O–H groups in total. The average Bonchev–Trinajstić information content (AvgIpc) is 2.77. The zero-order valence-electron chi connectivity index (χ0n) is 18.0. The van der Waals surface area contributed by atoms with Gasteiger partial charge in [0.05, 0.1) is 31.7 Å². The molecule has 0 radical (unpaired) electrons. The topological polar surface area (TPSA) is 84.9 Å². The van der Waals surface area contributed by atoms with Crippen molar-refractivity contribution in [1.29, 1.82) is 0 Å². The zero-order valence-corrected chi connectivity index (χ0v) is 18.8. The van der Waals surface area contributed by atoms with Gasteiger partial charge in [-0.15, -0.1) is 0 Å². The molecule has 7 nitrogen and oxygen atoms in total. The fraction of sp³-hybridized carbons (Fsp3) is 0.261. The van der Waals surface area contributed by atoms with E-state index in [0.717, 1.165) is 20.6 Å². The fourth-order valence-electron chi connectivity index (χ4n) is 3.34. The number of rotatable bonds is 8. The highest BCUT2D eigenvalue weighted by Crippen LogP contribution is 2.29. The van der Waals surface area contributed by atoms with Gasteiger partial charge in [0.25, 0.3) is 0 Å². The molecule has 0 unspecified atom stereocenters. The van der Waals surface area contributed by atoms with E-state index in [0.29, 0.717) is 11.5 Å². The van der Waals surface area contributed by atoms with Gasteiger partial charge in [-0.05, 0) is 48.0 Å². The molecule has 0 fully saturated rings. The average molecular weight is 443 g/mol. The summed E-state index contributed by atoms with van der Waals surface area (Å²) < 4.78 is 37.6. The Balaban J connectivity index is 1.73. The first kappa shape index (κ1) is 22.6. The van der Waals surface area contributed by atoms with Gasteiger partial charge in [-0.2, -0.15) is 4.31 Å². The van der Waals surface area contributed by atoms with Crippen molar-refractivity contribution in [1.82, 2.24) is 9.62 Å². The number of likely N-dealkylation sites (N-methyl/N-ethyl adjacent to an activating group) is 1. The molecule has 0 aliphatic heterocycles. The molecule has 8 heteroatoms. The monoisotopic (exact) mass is 442 g/mol. The highest BCUT2D eigenvalue weighted by molar-refractivity contribution is 7.89. The Morgan fingerprint density at radius 1 is 1.00 bits per heavy atom. The number of amides is 1. The molecule has 1 atom stereocenters. The van der Waals surface area contributed by atoms with Crippen LogP contribution >= 0.6 is 0 Å². The third-order valence-electron chi connectivity index (χ3n) is 5.08. The SMILES string of the molecule is COc1ccc(OC)c([C@@H](C)NC(=O)CN(C)S(=O)(=O)c2ccc3ccccc3c2)c1. The third kappa shape index (κ3) is 4.98. The van der Waals surface area contributed by atoms with Gasteiger partial charge in [-0.3, -0.25) is 4.79 Å². The number of methoxy groups -OCH3 is 2. The highest BCUT2D eigenvalue weighted by atomic mass is 32.2. The Labute approximate surface area is 182 Å². The molecule has 3 aromatic rings. The molecular weight excluding hydrogens is 416 g/mol. The maximum absolute atomic E-state index is 13.0. The van der Waals surface area contributed by atoms with Gasteiger partial charge in [-0.1, -0.05) is 30.3 Å². The van der Waals surface area contributed by atoms with E-state index < -0.39 is 22.0 Å². The molecule has 3 rings (SSSR count). The van der Waals surface area contributed by atoms with Crippen LogP contribution in [-0.4, -0.2) is 46.4 Å². The lowest BCUT2D eigenvalue weighted by molar-refractivity contribution is -0.121. The molecule has 164 valence electrons. The van der Waals surface area contributed by atoms with Crippen molar-refractivity contribution in [2.24, 2.45) is 0 Å². The summed E-state index contributed by atoms with van der Waals surface area (Å²) >= 11 is 0. The standard InChI is InChI=1S/C23H26N2O5S/c1-16(21-14-19(29-3)10-12-22(21)30-4)24-23(26)15-25(2)31(27,28)20-11-9-17-7-5-6-8-18(17)13-20/h5-14,16H,15H2,1-4H3,(H,24,26)/t16-/m1/s1. The van der Waals surface area contributed by atoms with Crippen molar-refractivity contribution in [3.05, 3.63) is 66.2 Å². The quantitative estimate of drug-likeness (QED) is 0.578. The van der Waals surface area contributed by atoms with Crippen LogP contribution < -0.4 is 14.8 Å². The second-order valence-electron chi connectivity index (χ2n) is 7.17. The number of nitrogens with zero attached hydrogens (tertiary/aromatic N) is 1. The minimum absolute atomic E-state index is 0.143. The van der Waals surface area contributed by atoms with E-state index in [1.54, 1.807) is 57.5 Å². The minimum Gasteiger partial charge on any atom is -0.497 e. The van der Waals surface area contributed by atoms with E-state index in [1.807, 2.05) is 24.3 Å². The zero-order chi connectivity index (χ0) is 22.6. The van der Waals surface area contributed by atoms with E-state index in [2.05, 4.69) is 5.32 Å². The van der Waals surface area contributed by atoms with Crippen LogP contribution in [0, 0.1) is 0 Å². The summed E-state index contributed by atoms with van der Waals surface area (Å²) in [5.41, 5.74) is 0.732. The van der Waals surface area contributed by atoms with Gasteiger partial charge in [0.15, 0.2) is 0 Å². The van der Waals surface area contributed by atoms with Crippen LogP contribution in [0.1, 0.15) is 18.5 Å². The van der Waals surface area contributed by atoms with Crippen molar-refractivity contribution in [2.45, 2.75) is 17.9 Å². The number of hydrogen-bond donors (Lipinski definition) is 1. The molecule has 0 spiro atoms. The smallest absolute Gasteiger partial charge is 0.243 e. The molecule has 0 saturated heterocycles. The summed E-state index contributed by atoms with van der Waals surface area (Å²) in [6, 6.07) is 17.3. The van der Waals surface area contributed by atoms with Crippen molar-refractivity contribution >= 4 is 26.7 Å². The largest absolute Gasteiger partial charge is 0.497 e. The van der Waals surface area contributed by atoms with Crippen LogP contribution in [0.2, 0.25) is 0 Å². The van der Waals surface area contributed by atoms with Crippen molar-refractivity contribution in [3.8, 4) is 11.5 Å². The summed E-state index contributed by atoms with van der Waals surface area (Å²) in [6.45, 7) is 1.48. The van der Waals surface area contributed by atoms with Crippen LogP contribution in [0.5, 0.6) is 11.5 Å². The lowest BCUT2D eigenvalue weighted by Gasteiger charge is -2.21. The molecular formula is C23H26N2O5S. The Kier molecular flexibility index (Phi) is 6.82. The third-order valence-corrected chi connectivity index (χ3v) is 6.88. The van der Waals surface area contributed by atoms with Crippen LogP contribution in [0.25, 0.3) is 10.8 Å². The van der Waals surface area contributed by atoms with Crippen LogP contribution in [0.4, 0.5) is 0 Å². The van der Waals surface area contributed by atoms with Gasteiger partial charge in [0, 0.05) is 12.6 Å². The Hall–Kier alpha value is -3.10. The van der Waals surface area contributed by atoms with Crippen molar-refractivity contribution in [3.63, 3.8) is 0 Å². The first-order chi connectivity index (χ1) is 14.8. The van der Waals surface area contributed by atoms with E-state index in [-0.39, 0.29) is 11.4 Å². The molecule has 0 aliphatic rings. The molecule has 3 aromatic carbocycles. The van der Waals surface area contributed by atoms with Crippen molar-refractivity contribution < 1.29 is 22.7 Å². The maximum Gasteiger partial charge on any atom is 0.243 e. The van der Waals surface area contributed by atoms with E-state index in [4.69, 9.17) is 9.47 Å². The second-order valence-corrected chi connectivity index (χ2v) is 9.21. The Morgan fingerprint density at radius 2 is 1.71 bits per heavy atom. The van der Waals surface area contributed by atoms with Crippen molar-refractivity contribution in [2.75, 3.05) is 27.8 Å². The summed E-state index contributed by atoms with van der Waals surface area (Å²) in [7, 11) is 0.671. The predicted molar refractivity (Wildman–Crippen MR) is 120 cm³/mol. The van der Waals surface area contributed by atoms with Gasteiger partial charge in [0.2, 0.25) is 15.9 Å². The number of sulfonamides is 1. The van der Waals surface area contributed by atoms with Gasteiger partial charge in [-0.25, -0.2) is 8.42 Å². The molecule has 0 aromatic heterocycles. The summed E-state index contributed by atoms with van der Waals surface area (Å²) in [5.74, 6) is 0.808. The summed E-state index contributed by atoms with van der Waals surface area (Å²) in [6.07, 6.45) is 0. The van der Waals surface area contributed by atoms with Gasteiger partial charge >= 0.3 is 0 Å². The first-order valence-electron chi connectivity index (χ1n) is 9.72. The molecule has 1 amide bonds. The minimum atomic E-state index is -3.82.